The Morgan fingerprint density at radius 3 is 2.33 bits per heavy atom. The molecule has 0 saturated carbocycles. The minimum atomic E-state index is -0.272. The third-order valence-electron chi connectivity index (χ3n) is 3.91. The quantitative estimate of drug-likeness (QED) is 0.589. The van der Waals surface area contributed by atoms with E-state index in [-0.39, 0.29) is 11.0 Å². The summed E-state index contributed by atoms with van der Waals surface area (Å²) in [7, 11) is 0. The Morgan fingerprint density at radius 1 is 1.15 bits per heavy atom. The maximum atomic E-state index is 12.5. The average molecular weight is 449 g/mol. The fourth-order valence-electron chi connectivity index (χ4n) is 2.71. The van der Waals surface area contributed by atoms with Crippen molar-refractivity contribution in [1.82, 2.24) is 5.32 Å². The molecule has 1 amide bonds. The highest BCUT2D eigenvalue weighted by atomic mass is 79.9. The van der Waals surface area contributed by atoms with Gasteiger partial charge in [-0.2, -0.15) is 0 Å². The van der Waals surface area contributed by atoms with Crippen LogP contribution in [-0.2, 0) is 0 Å². The van der Waals surface area contributed by atoms with E-state index in [1.54, 1.807) is 18.2 Å². The van der Waals surface area contributed by atoms with Crippen molar-refractivity contribution in [3.05, 3.63) is 57.1 Å². The summed E-state index contributed by atoms with van der Waals surface area (Å²) in [6.45, 7) is 10.9. The van der Waals surface area contributed by atoms with Crippen molar-refractivity contribution in [1.29, 1.82) is 0 Å². The Balaban J connectivity index is 2.04. The van der Waals surface area contributed by atoms with Gasteiger partial charge >= 0.3 is 0 Å². The number of rotatable bonds is 5. The van der Waals surface area contributed by atoms with Gasteiger partial charge in [0.1, 0.15) is 5.75 Å². The van der Waals surface area contributed by atoms with Gasteiger partial charge in [0.15, 0.2) is 5.11 Å². The highest BCUT2D eigenvalue weighted by Crippen LogP contribution is 2.26. The molecule has 2 N–H and O–H groups in total. The summed E-state index contributed by atoms with van der Waals surface area (Å²) in [5.41, 5.74) is 4.77. The summed E-state index contributed by atoms with van der Waals surface area (Å²) in [5.74, 6) is 0.870. The maximum absolute atomic E-state index is 12.5. The third kappa shape index (κ3) is 6.04. The van der Waals surface area contributed by atoms with Crippen molar-refractivity contribution >= 4 is 44.9 Å². The van der Waals surface area contributed by atoms with E-state index >= 15 is 0 Å². The van der Waals surface area contributed by atoms with Gasteiger partial charge in [0, 0.05) is 11.3 Å². The maximum Gasteiger partial charge on any atom is 0.257 e. The average Bonchev–Trinajstić information content (AvgIpc) is 2.56. The lowest BCUT2D eigenvalue weighted by Gasteiger charge is -2.15. The summed E-state index contributed by atoms with van der Waals surface area (Å²) < 4.78 is 6.45. The number of anilines is 1. The molecule has 0 fully saturated rings. The largest absolute Gasteiger partial charge is 0.492 e. The van der Waals surface area contributed by atoms with Crippen LogP contribution in [0.1, 0.15) is 40.9 Å². The number of halogens is 1. The lowest BCUT2D eigenvalue weighted by atomic mass is 10.1. The lowest BCUT2D eigenvalue weighted by Crippen LogP contribution is -2.34. The number of carbonyl (C=O) groups excluding carboxylic acids is 1. The van der Waals surface area contributed by atoms with E-state index in [1.807, 2.05) is 13.8 Å². The number of benzene rings is 2. The van der Waals surface area contributed by atoms with E-state index in [2.05, 4.69) is 59.5 Å². The molecule has 0 unspecified atom stereocenters. The van der Waals surface area contributed by atoms with Gasteiger partial charge in [0.2, 0.25) is 0 Å². The summed E-state index contributed by atoms with van der Waals surface area (Å²) in [5, 5.41) is 6.13. The second kappa shape index (κ2) is 9.33. The molecule has 0 aliphatic rings. The van der Waals surface area contributed by atoms with Crippen LogP contribution in [0.4, 0.5) is 5.69 Å². The SMILES string of the molecule is Cc1cc(C)c(NC(=S)NC(=O)c2ccc(OCC(C)C)c(Br)c2)c(C)c1. The zero-order valence-electron chi connectivity index (χ0n) is 16.3. The molecule has 2 rings (SSSR count). The third-order valence-corrected chi connectivity index (χ3v) is 4.73. The van der Waals surface area contributed by atoms with Crippen molar-refractivity contribution in [2.45, 2.75) is 34.6 Å². The Bertz CT molecular complexity index is 842. The molecule has 0 saturated heterocycles. The van der Waals surface area contributed by atoms with Crippen LogP contribution in [0.15, 0.2) is 34.8 Å². The van der Waals surface area contributed by atoms with Crippen molar-refractivity contribution in [2.75, 3.05) is 11.9 Å². The number of amides is 1. The smallest absolute Gasteiger partial charge is 0.257 e. The van der Waals surface area contributed by atoms with Crippen molar-refractivity contribution in [3.8, 4) is 5.75 Å². The molecule has 0 bridgehead atoms. The van der Waals surface area contributed by atoms with E-state index in [0.29, 0.717) is 23.8 Å². The molecule has 0 heterocycles. The zero-order chi connectivity index (χ0) is 20.1. The molecule has 0 spiro atoms. The van der Waals surface area contributed by atoms with E-state index < -0.39 is 0 Å². The fraction of sp³-hybridized carbons (Fsp3) is 0.333. The normalized spacial score (nSPS) is 10.6. The lowest BCUT2D eigenvalue weighted by molar-refractivity contribution is 0.0977. The molecular formula is C21H25BrN2O2S. The minimum absolute atomic E-state index is 0.270. The van der Waals surface area contributed by atoms with Crippen LogP contribution in [0.25, 0.3) is 0 Å². The number of hydrogen-bond donors (Lipinski definition) is 2. The van der Waals surface area contributed by atoms with Crippen LogP contribution in [0.3, 0.4) is 0 Å². The van der Waals surface area contributed by atoms with E-state index in [1.165, 1.54) is 5.56 Å². The van der Waals surface area contributed by atoms with Crippen molar-refractivity contribution < 1.29 is 9.53 Å². The highest BCUT2D eigenvalue weighted by Gasteiger charge is 2.13. The fourth-order valence-corrected chi connectivity index (χ4v) is 3.40. The van der Waals surface area contributed by atoms with Gasteiger partial charge in [-0.1, -0.05) is 31.5 Å². The second-order valence-corrected chi connectivity index (χ2v) is 8.29. The summed E-state index contributed by atoms with van der Waals surface area (Å²) in [4.78, 5) is 12.5. The number of hydrogen-bond acceptors (Lipinski definition) is 3. The zero-order valence-corrected chi connectivity index (χ0v) is 18.7. The van der Waals surface area contributed by atoms with Gasteiger partial charge in [0.05, 0.1) is 11.1 Å². The van der Waals surface area contributed by atoms with Crippen LogP contribution in [0.5, 0.6) is 5.75 Å². The molecule has 2 aromatic rings. The first-order chi connectivity index (χ1) is 12.7. The molecule has 0 aliphatic heterocycles. The highest BCUT2D eigenvalue weighted by molar-refractivity contribution is 9.10. The van der Waals surface area contributed by atoms with Crippen LogP contribution >= 0.6 is 28.1 Å². The van der Waals surface area contributed by atoms with Crippen molar-refractivity contribution in [3.63, 3.8) is 0 Å². The Kier molecular flexibility index (Phi) is 7.39. The van der Waals surface area contributed by atoms with Gasteiger partial charge in [-0.3, -0.25) is 10.1 Å². The number of thiocarbonyl (C=S) groups is 1. The molecule has 4 nitrogen and oxygen atoms in total. The topological polar surface area (TPSA) is 50.4 Å². The predicted octanol–water partition coefficient (Wildman–Crippen LogP) is 5.54. The monoisotopic (exact) mass is 448 g/mol. The summed E-state index contributed by atoms with van der Waals surface area (Å²) in [6, 6.07) is 9.39. The molecule has 6 heteroatoms. The molecule has 144 valence electrons. The van der Waals surface area contributed by atoms with Crippen molar-refractivity contribution in [2.24, 2.45) is 5.92 Å². The minimum Gasteiger partial charge on any atom is -0.492 e. The number of carbonyl (C=O) groups is 1. The number of ether oxygens (including phenoxy) is 1. The van der Waals surface area contributed by atoms with Crippen LogP contribution in [0, 0.1) is 26.7 Å². The van der Waals surface area contributed by atoms with E-state index in [0.717, 1.165) is 21.3 Å². The van der Waals surface area contributed by atoms with Gasteiger partial charge in [-0.25, -0.2) is 0 Å². The van der Waals surface area contributed by atoms with Crippen LogP contribution in [-0.4, -0.2) is 17.6 Å². The molecule has 0 atom stereocenters. The number of nitrogens with one attached hydrogen (secondary N) is 2. The van der Waals surface area contributed by atoms with E-state index in [4.69, 9.17) is 17.0 Å². The number of aryl methyl sites for hydroxylation is 3. The first-order valence-corrected chi connectivity index (χ1v) is 10.00. The standard InChI is InChI=1S/C21H25BrN2O2S/c1-12(2)11-26-18-7-6-16(10-17(18)22)20(25)24-21(27)23-19-14(4)8-13(3)9-15(19)5/h6-10,12H,11H2,1-5H3,(H2,23,24,25,27). The van der Waals surface area contributed by atoms with Gasteiger partial charge in [0.25, 0.3) is 5.91 Å². The van der Waals surface area contributed by atoms with Crippen LogP contribution < -0.4 is 15.4 Å². The van der Waals surface area contributed by atoms with Gasteiger partial charge in [-0.15, -0.1) is 0 Å². The molecule has 27 heavy (non-hydrogen) atoms. The molecule has 0 radical (unpaired) electrons. The Labute approximate surface area is 174 Å². The Hall–Kier alpha value is -1.92. The summed E-state index contributed by atoms with van der Waals surface area (Å²) in [6.07, 6.45) is 0. The molecule has 0 aromatic heterocycles. The second-order valence-electron chi connectivity index (χ2n) is 7.03. The predicted molar refractivity (Wildman–Crippen MR) is 119 cm³/mol. The Morgan fingerprint density at radius 2 is 1.78 bits per heavy atom. The molecule has 2 aromatic carbocycles. The van der Waals surface area contributed by atoms with Gasteiger partial charge < -0.3 is 10.1 Å². The molecule has 0 aliphatic carbocycles. The first kappa shape index (κ1) is 21.4. The molecular weight excluding hydrogens is 424 g/mol. The van der Waals surface area contributed by atoms with E-state index in [9.17, 15) is 4.79 Å². The first-order valence-electron chi connectivity index (χ1n) is 8.80. The van der Waals surface area contributed by atoms with Crippen LogP contribution in [0.2, 0.25) is 0 Å². The summed E-state index contributed by atoms with van der Waals surface area (Å²) >= 11 is 8.77. The van der Waals surface area contributed by atoms with Gasteiger partial charge in [-0.05, 0) is 84.2 Å².